The quantitative estimate of drug-likeness (QED) is 0.922. The highest BCUT2D eigenvalue weighted by molar-refractivity contribution is 5.93. The summed E-state index contributed by atoms with van der Waals surface area (Å²) >= 11 is 0. The maximum atomic E-state index is 12.3. The first-order valence-corrected chi connectivity index (χ1v) is 8.15. The van der Waals surface area contributed by atoms with Gasteiger partial charge in [0.15, 0.2) is 0 Å². The standard InChI is InChI=1S/C18H23N3O2/c1-13-5-7-15(11-19-13)18(22)20-12-16(21-9-3-4-10-21)17-8-6-14(2)23-17/h5-8,11,16H,3-4,9-10,12H2,1-2H3,(H,20,22). The lowest BCUT2D eigenvalue weighted by molar-refractivity contribution is 0.0933. The summed E-state index contributed by atoms with van der Waals surface area (Å²) in [6.07, 6.45) is 4.02. The Morgan fingerprint density at radius 1 is 1.26 bits per heavy atom. The van der Waals surface area contributed by atoms with E-state index in [1.165, 1.54) is 12.8 Å². The number of rotatable bonds is 5. The number of furan rings is 1. The van der Waals surface area contributed by atoms with Gasteiger partial charge in [0.25, 0.3) is 5.91 Å². The zero-order valence-corrected chi connectivity index (χ0v) is 13.7. The van der Waals surface area contributed by atoms with E-state index in [9.17, 15) is 4.79 Å². The monoisotopic (exact) mass is 313 g/mol. The Labute approximate surface area is 136 Å². The molecule has 1 aliphatic rings. The fourth-order valence-corrected chi connectivity index (χ4v) is 2.99. The van der Waals surface area contributed by atoms with E-state index in [-0.39, 0.29) is 11.9 Å². The Morgan fingerprint density at radius 3 is 2.65 bits per heavy atom. The molecule has 23 heavy (non-hydrogen) atoms. The minimum absolute atomic E-state index is 0.0913. The second kappa shape index (κ2) is 6.96. The Bertz CT molecular complexity index is 657. The molecule has 1 amide bonds. The van der Waals surface area contributed by atoms with Crippen LogP contribution in [0.15, 0.2) is 34.9 Å². The molecule has 2 aromatic rings. The molecular weight excluding hydrogens is 290 g/mol. The first-order chi connectivity index (χ1) is 11.1. The lowest BCUT2D eigenvalue weighted by Crippen LogP contribution is -2.36. The smallest absolute Gasteiger partial charge is 0.252 e. The third-order valence-corrected chi connectivity index (χ3v) is 4.30. The lowest BCUT2D eigenvalue weighted by atomic mass is 10.2. The molecule has 0 aliphatic carbocycles. The van der Waals surface area contributed by atoms with Crippen molar-refractivity contribution in [2.45, 2.75) is 32.7 Å². The molecule has 0 bridgehead atoms. The van der Waals surface area contributed by atoms with Crippen LogP contribution in [0.1, 0.15) is 46.5 Å². The summed E-state index contributed by atoms with van der Waals surface area (Å²) in [4.78, 5) is 18.9. The van der Waals surface area contributed by atoms with Crippen molar-refractivity contribution in [3.05, 3.63) is 53.2 Å². The van der Waals surface area contributed by atoms with E-state index < -0.39 is 0 Å². The average Bonchev–Trinajstić information content (AvgIpc) is 3.20. The van der Waals surface area contributed by atoms with E-state index in [1.54, 1.807) is 12.3 Å². The van der Waals surface area contributed by atoms with Gasteiger partial charge in [-0.2, -0.15) is 0 Å². The molecular formula is C18H23N3O2. The maximum absolute atomic E-state index is 12.3. The van der Waals surface area contributed by atoms with E-state index in [4.69, 9.17) is 4.42 Å². The fourth-order valence-electron chi connectivity index (χ4n) is 2.99. The van der Waals surface area contributed by atoms with Crippen molar-refractivity contribution in [3.63, 3.8) is 0 Å². The molecule has 1 saturated heterocycles. The van der Waals surface area contributed by atoms with E-state index in [1.807, 2.05) is 32.0 Å². The van der Waals surface area contributed by atoms with Gasteiger partial charge >= 0.3 is 0 Å². The van der Waals surface area contributed by atoms with Gasteiger partial charge in [-0.3, -0.25) is 14.7 Å². The second-order valence-corrected chi connectivity index (χ2v) is 6.11. The molecule has 2 aromatic heterocycles. The molecule has 1 fully saturated rings. The molecule has 5 heteroatoms. The molecule has 0 aromatic carbocycles. The molecule has 1 unspecified atom stereocenters. The Balaban J connectivity index is 1.68. The number of pyridine rings is 1. The van der Waals surface area contributed by atoms with E-state index in [0.717, 1.165) is 30.3 Å². The molecule has 1 N–H and O–H groups in total. The zero-order chi connectivity index (χ0) is 16.2. The van der Waals surface area contributed by atoms with Crippen LogP contribution >= 0.6 is 0 Å². The minimum Gasteiger partial charge on any atom is -0.465 e. The Hall–Kier alpha value is -2.14. The van der Waals surface area contributed by atoms with Crippen LogP contribution in [0.4, 0.5) is 0 Å². The van der Waals surface area contributed by atoms with Gasteiger partial charge in [0, 0.05) is 18.4 Å². The van der Waals surface area contributed by atoms with Gasteiger partial charge in [-0.1, -0.05) is 0 Å². The molecule has 0 saturated carbocycles. The summed E-state index contributed by atoms with van der Waals surface area (Å²) in [5.74, 6) is 1.73. The number of aryl methyl sites for hydroxylation is 2. The number of nitrogens with one attached hydrogen (secondary N) is 1. The Morgan fingerprint density at radius 2 is 2.04 bits per heavy atom. The first kappa shape index (κ1) is 15.7. The van der Waals surface area contributed by atoms with Gasteiger partial charge < -0.3 is 9.73 Å². The topological polar surface area (TPSA) is 58.4 Å². The van der Waals surface area contributed by atoms with Crippen LogP contribution < -0.4 is 5.32 Å². The maximum Gasteiger partial charge on any atom is 0.252 e. The van der Waals surface area contributed by atoms with Crippen LogP contribution in [0.5, 0.6) is 0 Å². The summed E-state index contributed by atoms with van der Waals surface area (Å²) in [6.45, 7) is 6.49. The van der Waals surface area contributed by atoms with Gasteiger partial charge in [0.05, 0.1) is 11.6 Å². The number of hydrogen-bond donors (Lipinski definition) is 1. The summed E-state index contributed by atoms with van der Waals surface area (Å²) in [7, 11) is 0. The predicted octanol–water partition coefficient (Wildman–Crippen LogP) is 2.86. The van der Waals surface area contributed by atoms with E-state index in [2.05, 4.69) is 15.2 Å². The van der Waals surface area contributed by atoms with E-state index in [0.29, 0.717) is 12.1 Å². The molecule has 1 atom stereocenters. The molecule has 3 heterocycles. The molecule has 0 radical (unpaired) electrons. The number of likely N-dealkylation sites (tertiary alicyclic amines) is 1. The number of amides is 1. The number of carbonyl (C=O) groups excluding carboxylic acids is 1. The van der Waals surface area contributed by atoms with Gasteiger partial charge in [0.1, 0.15) is 11.5 Å². The summed E-state index contributed by atoms with van der Waals surface area (Å²) in [6, 6.07) is 7.73. The van der Waals surface area contributed by atoms with Gasteiger partial charge in [0.2, 0.25) is 0 Å². The molecule has 5 nitrogen and oxygen atoms in total. The molecule has 0 spiro atoms. The van der Waals surface area contributed by atoms with Crippen LogP contribution in [0.2, 0.25) is 0 Å². The average molecular weight is 313 g/mol. The number of aromatic nitrogens is 1. The lowest BCUT2D eigenvalue weighted by Gasteiger charge is -2.26. The van der Waals surface area contributed by atoms with Crippen LogP contribution in [-0.4, -0.2) is 35.4 Å². The Kier molecular flexibility index (Phi) is 4.76. The molecule has 1 aliphatic heterocycles. The van der Waals surface area contributed by atoms with Gasteiger partial charge in [-0.05, 0) is 64.0 Å². The summed E-state index contributed by atoms with van der Waals surface area (Å²) < 4.78 is 5.81. The highest BCUT2D eigenvalue weighted by Crippen LogP contribution is 2.26. The van der Waals surface area contributed by atoms with Gasteiger partial charge in [-0.25, -0.2) is 0 Å². The van der Waals surface area contributed by atoms with Crippen molar-refractivity contribution >= 4 is 5.91 Å². The normalized spacial score (nSPS) is 16.4. The summed E-state index contributed by atoms with van der Waals surface area (Å²) in [5.41, 5.74) is 1.49. The largest absolute Gasteiger partial charge is 0.465 e. The third-order valence-electron chi connectivity index (χ3n) is 4.30. The fraction of sp³-hybridized carbons (Fsp3) is 0.444. The van der Waals surface area contributed by atoms with Crippen LogP contribution in [-0.2, 0) is 0 Å². The zero-order valence-electron chi connectivity index (χ0n) is 13.7. The van der Waals surface area contributed by atoms with Crippen molar-refractivity contribution in [3.8, 4) is 0 Å². The van der Waals surface area contributed by atoms with Crippen molar-refractivity contribution in [2.24, 2.45) is 0 Å². The molecule has 122 valence electrons. The summed E-state index contributed by atoms with van der Waals surface area (Å²) in [5, 5.41) is 3.02. The highest BCUT2D eigenvalue weighted by atomic mass is 16.3. The second-order valence-electron chi connectivity index (χ2n) is 6.11. The highest BCUT2D eigenvalue weighted by Gasteiger charge is 2.26. The van der Waals surface area contributed by atoms with E-state index >= 15 is 0 Å². The first-order valence-electron chi connectivity index (χ1n) is 8.15. The van der Waals surface area contributed by atoms with Crippen molar-refractivity contribution in [1.82, 2.24) is 15.2 Å². The predicted molar refractivity (Wildman–Crippen MR) is 88.3 cm³/mol. The minimum atomic E-state index is -0.0926. The SMILES string of the molecule is Cc1ccc(C(=O)NCC(c2ccc(C)o2)N2CCCC2)cn1. The third kappa shape index (κ3) is 3.79. The van der Waals surface area contributed by atoms with Crippen molar-refractivity contribution in [1.29, 1.82) is 0 Å². The van der Waals surface area contributed by atoms with Gasteiger partial charge in [-0.15, -0.1) is 0 Å². The van der Waals surface area contributed by atoms with Crippen LogP contribution in [0, 0.1) is 13.8 Å². The van der Waals surface area contributed by atoms with Crippen LogP contribution in [0.3, 0.4) is 0 Å². The number of carbonyl (C=O) groups is 1. The number of hydrogen-bond acceptors (Lipinski definition) is 4. The number of nitrogens with zero attached hydrogens (tertiary/aromatic N) is 2. The van der Waals surface area contributed by atoms with Crippen molar-refractivity contribution in [2.75, 3.05) is 19.6 Å². The van der Waals surface area contributed by atoms with Crippen LogP contribution in [0.25, 0.3) is 0 Å². The van der Waals surface area contributed by atoms with Crippen molar-refractivity contribution < 1.29 is 9.21 Å². The molecule has 3 rings (SSSR count).